The zero-order valence-corrected chi connectivity index (χ0v) is 4.56. The van der Waals surface area contributed by atoms with Gasteiger partial charge in [0.2, 0.25) is 0 Å². The summed E-state index contributed by atoms with van der Waals surface area (Å²) in [6.07, 6.45) is 7.80. The molecule has 0 aromatic rings. The van der Waals surface area contributed by atoms with Gasteiger partial charge in [-0.2, -0.15) is 0 Å². The van der Waals surface area contributed by atoms with Gasteiger partial charge < -0.3 is 0 Å². The minimum absolute atomic E-state index is 0.883. The van der Waals surface area contributed by atoms with Gasteiger partial charge in [-0.1, -0.05) is 18.2 Å². The second-order valence-corrected chi connectivity index (χ2v) is 1.28. The molecule has 0 nitrogen and oxygen atoms in total. The highest BCUT2D eigenvalue weighted by atomic mass is 13.7. The maximum atomic E-state index is 3.64. The maximum absolute atomic E-state index is 3.64. The molecule has 7 heavy (non-hydrogen) atoms. The lowest BCUT2D eigenvalue weighted by atomic mass is 10.3. The van der Waals surface area contributed by atoms with Crippen LogP contribution < -0.4 is 0 Å². The Morgan fingerprint density at radius 2 is 2.00 bits per heavy atom. The van der Waals surface area contributed by atoms with E-state index in [-0.39, 0.29) is 0 Å². The molecule has 1 radical (unpaired) electrons. The number of allylic oxidation sites excluding steroid dienone is 3. The van der Waals surface area contributed by atoms with Gasteiger partial charge in [-0.25, -0.2) is 0 Å². The summed E-state index contributed by atoms with van der Waals surface area (Å²) in [6.45, 7) is 7.20. The summed E-state index contributed by atoms with van der Waals surface area (Å²) in [4.78, 5) is 0. The number of hydrogen-bond donors (Lipinski definition) is 0. The molecule has 0 heteroatoms. The van der Waals surface area contributed by atoms with Crippen molar-refractivity contribution in [3.05, 3.63) is 31.7 Å². The summed E-state index contributed by atoms with van der Waals surface area (Å²) in [5.74, 6) is 0. The highest BCUT2D eigenvalue weighted by Gasteiger charge is 1.63. The van der Waals surface area contributed by atoms with Crippen LogP contribution in [0.25, 0.3) is 0 Å². The van der Waals surface area contributed by atoms with Gasteiger partial charge in [0, 0.05) is 0 Å². The highest BCUT2D eigenvalue weighted by molar-refractivity contribution is 4.88. The molecular weight excluding hydrogens is 84.1 g/mol. The first-order valence-electron chi connectivity index (χ1n) is 2.47. The summed E-state index contributed by atoms with van der Waals surface area (Å²) in [7, 11) is 0. The maximum Gasteiger partial charge on any atom is -0.0172 e. The van der Waals surface area contributed by atoms with E-state index < -0.39 is 0 Å². The number of rotatable bonds is 3. The smallest absolute Gasteiger partial charge is 0.0172 e. The van der Waals surface area contributed by atoms with Gasteiger partial charge in [-0.15, -0.1) is 6.58 Å². The van der Waals surface area contributed by atoms with Crippen molar-refractivity contribution in [2.45, 2.75) is 12.8 Å². The van der Waals surface area contributed by atoms with Crippen molar-refractivity contribution in [3.8, 4) is 0 Å². The summed E-state index contributed by atoms with van der Waals surface area (Å²) >= 11 is 0. The van der Waals surface area contributed by atoms with Crippen LogP contribution in [0, 0.1) is 6.92 Å². The van der Waals surface area contributed by atoms with Gasteiger partial charge in [0.1, 0.15) is 0 Å². The zero-order chi connectivity index (χ0) is 5.54. The second kappa shape index (κ2) is 5.48. The van der Waals surface area contributed by atoms with Crippen molar-refractivity contribution in [3.63, 3.8) is 0 Å². The van der Waals surface area contributed by atoms with Crippen molar-refractivity contribution < 1.29 is 0 Å². The third kappa shape index (κ3) is 5.48. The molecule has 0 rings (SSSR count). The minimum atomic E-state index is 0.883. The van der Waals surface area contributed by atoms with E-state index in [4.69, 9.17) is 0 Å². The monoisotopic (exact) mass is 95.1 g/mol. The Kier molecular flexibility index (Phi) is 5.07. The SMILES string of the molecule is [CH2]C/C=C/CC=C. The van der Waals surface area contributed by atoms with Crippen LogP contribution in [0.5, 0.6) is 0 Å². The first kappa shape index (κ1) is 6.48. The average molecular weight is 95.2 g/mol. The molecule has 0 aromatic heterocycles. The van der Waals surface area contributed by atoms with E-state index in [0.717, 1.165) is 12.8 Å². The molecule has 0 fully saturated rings. The van der Waals surface area contributed by atoms with Crippen LogP contribution in [0.15, 0.2) is 24.8 Å². The summed E-state index contributed by atoms with van der Waals surface area (Å²) in [6, 6.07) is 0. The largest absolute Gasteiger partial charge is 0.103 e. The molecule has 0 heterocycles. The molecule has 0 amide bonds. The lowest BCUT2D eigenvalue weighted by Gasteiger charge is -1.75. The molecule has 39 valence electrons. The van der Waals surface area contributed by atoms with E-state index in [0.29, 0.717) is 0 Å². The molecule has 0 bridgehead atoms. The van der Waals surface area contributed by atoms with Crippen molar-refractivity contribution in [1.82, 2.24) is 0 Å². The van der Waals surface area contributed by atoms with E-state index in [1.165, 1.54) is 0 Å². The molecule has 0 atom stereocenters. The van der Waals surface area contributed by atoms with Crippen molar-refractivity contribution in [2.75, 3.05) is 0 Å². The first-order valence-corrected chi connectivity index (χ1v) is 2.47. The van der Waals surface area contributed by atoms with Gasteiger partial charge >= 0.3 is 0 Å². The normalized spacial score (nSPS) is 9.86. The molecule has 0 aliphatic rings. The van der Waals surface area contributed by atoms with Crippen LogP contribution in [-0.4, -0.2) is 0 Å². The van der Waals surface area contributed by atoms with Crippen molar-refractivity contribution in [1.29, 1.82) is 0 Å². The Hall–Kier alpha value is -0.520. The average Bonchev–Trinajstić information content (AvgIpc) is 1.69. The molecule has 0 aliphatic heterocycles. The van der Waals surface area contributed by atoms with Gasteiger partial charge in [-0.05, 0) is 19.8 Å². The minimum Gasteiger partial charge on any atom is -0.103 e. The van der Waals surface area contributed by atoms with Gasteiger partial charge in [0.05, 0.1) is 0 Å². The zero-order valence-electron chi connectivity index (χ0n) is 4.56. The Balaban J connectivity index is 2.92. The molecule has 0 aromatic carbocycles. The molecule has 0 N–H and O–H groups in total. The predicted molar refractivity (Wildman–Crippen MR) is 33.9 cm³/mol. The highest BCUT2D eigenvalue weighted by Crippen LogP contribution is 1.84. The summed E-state index contributed by atoms with van der Waals surface area (Å²) < 4.78 is 0. The number of hydrogen-bond acceptors (Lipinski definition) is 0. The topological polar surface area (TPSA) is 0 Å². The van der Waals surface area contributed by atoms with Crippen molar-refractivity contribution in [2.24, 2.45) is 0 Å². The van der Waals surface area contributed by atoms with E-state index in [9.17, 15) is 0 Å². The molecule has 0 aliphatic carbocycles. The molecular formula is C7H11. The van der Waals surface area contributed by atoms with Crippen LogP contribution in [0.4, 0.5) is 0 Å². The Labute approximate surface area is 45.5 Å². The predicted octanol–water partition coefficient (Wildman–Crippen LogP) is 2.34. The van der Waals surface area contributed by atoms with Crippen molar-refractivity contribution >= 4 is 0 Å². The lowest BCUT2D eigenvalue weighted by molar-refractivity contribution is 1.32. The van der Waals surface area contributed by atoms with E-state index in [2.05, 4.69) is 19.6 Å². The lowest BCUT2D eigenvalue weighted by Crippen LogP contribution is -1.54. The van der Waals surface area contributed by atoms with Crippen LogP contribution in [0.1, 0.15) is 12.8 Å². The Bertz CT molecular complexity index is 60.4. The first-order chi connectivity index (χ1) is 3.41. The Morgan fingerprint density at radius 1 is 1.29 bits per heavy atom. The molecule has 0 unspecified atom stereocenters. The van der Waals surface area contributed by atoms with E-state index in [1.54, 1.807) is 0 Å². The van der Waals surface area contributed by atoms with Crippen LogP contribution in [0.2, 0.25) is 0 Å². The molecule has 0 spiro atoms. The van der Waals surface area contributed by atoms with Gasteiger partial charge in [-0.3, -0.25) is 0 Å². The third-order valence-corrected chi connectivity index (χ3v) is 0.636. The summed E-state index contributed by atoms with van der Waals surface area (Å²) in [5, 5.41) is 0. The van der Waals surface area contributed by atoms with Gasteiger partial charge in [0.25, 0.3) is 0 Å². The fourth-order valence-electron chi connectivity index (χ4n) is 0.310. The second-order valence-electron chi connectivity index (χ2n) is 1.28. The fraction of sp³-hybridized carbons (Fsp3) is 0.286. The molecule has 0 saturated carbocycles. The van der Waals surface area contributed by atoms with E-state index in [1.807, 2.05) is 12.2 Å². The molecule has 0 saturated heterocycles. The Morgan fingerprint density at radius 3 is 2.43 bits per heavy atom. The van der Waals surface area contributed by atoms with Gasteiger partial charge in [0.15, 0.2) is 0 Å². The van der Waals surface area contributed by atoms with Crippen LogP contribution >= 0.6 is 0 Å². The van der Waals surface area contributed by atoms with Crippen LogP contribution in [-0.2, 0) is 0 Å². The van der Waals surface area contributed by atoms with Crippen LogP contribution in [0.3, 0.4) is 0 Å². The quantitative estimate of drug-likeness (QED) is 0.472. The standard InChI is InChI=1S/C7H11/c1-3-5-7-6-4-2/h3,6-7H,1-2,4-5H2/b7-6+. The fourth-order valence-corrected chi connectivity index (χ4v) is 0.310. The summed E-state index contributed by atoms with van der Waals surface area (Å²) in [5.41, 5.74) is 0. The van der Waals surface area contributed by atoms with E-state index >= 15 is 0 Å². The third-order valence-electron chi connectivity index (χ3n) is 0.636.